The molecule has 0 radical (unpaired) electrons. The lowest BCUT2D eigenvalue weighted by Crippen LogP contribution is -1.97. The van der Waals surface area contributed by atoms with Crippen LogP contribution in [0.2, 0.25) is 0 Å². The van der Waals surface area contributed by atoms with Gasteiger partial charge in [0.2, 0.25) is 0 Å². The zero-order chi connectivity index (χ0) is 15.3. The summed E-state index contributed by atoms with van der Waals surface area (Å²) in [4.78, 5) is 24.4. The number of carbonyl (C=O) groups excluding carboxylic acids is 1. The monoisotopic (exact) mass is 316 g/mol. The number of benzene rings is 1. The molecule has 3 aromatic heterocycles. The Bertz CT molecular complexity index is 1020. The van der Waals surface area contributed by atoms with Crippen LogP contribution in [0.15, 0.2) is 30.6 Å². The molecule has 1 aromatic carbocycles. The van der Waals surface area contributed by atoms with Crippen molar-refractivity contribution in [3.8, 4) is 11.5 Å². The van der Waals surface area contributed by atoms with E-state index in [1.807, 2.05) is 0 Å². The van der Waals surface area contributed by atoms with Crippen molar-refractivity contribution >= 4 is 33.3 Å². The molecule has 0 saturated heterocycles. The summed E-state index contributed by atoms with van der Waals surface area (Å²) in [6, 6.07) is 4.35. The highest BCUT2D eigenvalue weighted by Gasteiger charge is 2.16. The second kappa shape index (κ2) is 4.63. The Morgan fingerprint density at radius 2 is 2.32 bits per heavy atom. The Labute approximate surface area is 127 Å². The summed E-state index contributed by atoms with van der Waals surface area (Å²) in [5.41, 5.74) is 1.96. The minimum Gasteiger partial charge on any atom is -0.465 e. The molecule has 4 aromatic rings. The number of H-pyrrole nitrogens is 1. The number of nitrogens with one attached hydrogen (secondary N) is 1. The summed E-state index contributed by atoms with van der Waals surface area (Å²) in [5.74, 6) is -0.180. The largest absolute Gasteiger partial charge is 0.465 e. The average Bonchev–Trinajstić information content (AvgIpc) is 3.17. The van der Waals surface area contributed by atoms with Crippen LogP contribution < -0.4 is 0 Å². The topological polar surface area (TPSA) is 72.3 Å². The molecule has 0 fully saturated rings. The molecule has 8 heteroatoms. The summed E-state index contributed by atoms with van der Waals surface area (Å²) >= 11 is 1.23. The van der Waals surface area contributed by atoms with E-state index in [0.29, 0.717) is 32.4 Å². The molecule has 0 unspecified atom stereocenters. The highest BCUT2D eigenvalue weighted by atomic mass is 32.1. The van der Waals surface area contributed by atoms with Gasteiger partial charge in [-0.3, -0.25) is 4.40 Å². The van der Waals surface area contributed by atoms with Gasteiger partial charge in [0.05, 0.1) is 24.3 Å². The van der Waals surface area contributed by atoms with E-state index in [4.69, 9.17) is 4.74 Å². The maximum Gasteiger partial charge on any atom is 0.349 e. The van der Waals surface area contributed by atoms with Crippen LogP contribution in [0, 0.1) is 5.82 Å². The number of nitrogens with zero attached hydrogens (tertiary/aromatic N) is 3. The second-order valence-electron chi connectivity index (χ2n) is 4.63. The number of fused-ring (bicyclic) bond motifs is 2. The number of esters is 1. The summed E-state index contributed by atoms with van der Waals surface area (Å²) in [6.45, 7) is 0. The lowest BCUT2D eigenvalue weighted by molar-refractivity contribution is 0.0606. The molecule has 4 rings (SSSR count). The number of halogens is 1. The maximum absolute atomic E-state index is 13.3. The molecule has 0 bridgehead atoms. The number of hydrogen-bond donors (Lipinski definition) is 1. The van der Waals surface area contributed by atoms with E-state index in [-0.39, 0.29) is 5.82 Å². The molecule has 0 saturated carbocycles. The third-order valence-corrected chi connectivity index (χ3v) is 4.26. The number of hydrogen-bond acceptors (Lipinski definition) is 5. The molecule has 1 N–H and O–H groups in total. The molecule has 3 heterocycles. The molecule has 6 nitrogen and oxygen atoms in total. The molecule has 0 aliphatic carbocycles. The van der Waals surface area contributed by atoms with Crippen molar-refractivity contribution in [3.63, 3.8) is 0 Å². The lowest BCUT2D eigenvalue weighted by Gasteiger charge is -1.93. The van der Waals surface area contributed by atoms with E-state index in [0.717, 1.165) is 0 Å². The Balaban J connectivity index is 1.88. The molecular formula is C14H9FN4O2S. The fourth-order valence-electron chi connectivity index (χ4n) is 2.26. The predicted octanol–water partition coefficient (Wildman–Crippen LogP) is 2.86. The lowest BCUT2D eigenvalue weighted by atomic mass is 10.3. The van der Waals surface area contributed by atoms with Crippen LogP contribution >= 0.6 is 11.3 Å². The van der Waals surface area contributed by atoms with Gasteiger partial charge in [-0.2, -0.15) is 0 Å². The average molecular weight is 316 g/mol. The molecule has 0 aliphatic heterocycles. The number of thiazole rings is 1. The normalized spacial score (nSPS) is 11.4. The van der Waals surface area contributed by atoms with Crippen molar-refractivity contribution < 1.29 is 13.9 Å². The van der Waals surface area contributed by atoms with Crippen molar-refractivity contribution in [2.75, 3.05) is 7.11 Å². The SMILES string of the molecule is COC(=O)c1cn2c(-c3nc4ccc(F)cc4[nH]3)cnc2s1. The highest BCUT2D eigenvalue weighted by Crippen LogP contribution is 2.26. The summed E-state index contributed by atoms with van der Waals surface area (Å²) in [5, 5.41) is 0. The van der Waals surface area contributed by atoms with Crippen molar-refractivity contribution in [2.45, 2.75) is 0 Å². The molecule has 22 heavy (non-hydrogen) atoms. The summed E-state index contributed by atoms with van der Waals surface area (Å²) in [7, 11) is 1.33. The van der Waals surface area contributed by atoms with E-state index < -0.39 is 5.97 Å². The Hall–Kier alpha value is -2.74. The first-order chi connectivity index (χ1) is 10.7. The fraction of sp³-hybridized carbons (Fsp3) is 0.0714. The van der Waals surface area contributed by atoms with Crippen LogP contribution in [-0.2, 0) is 4.74 Å². The van der Waals surface area contributed by atoms with Gasteiger partial charge in [0, 0.05) is 6.20 Å². The second-order valence-corrected chi connectivity index (χ2v) is 5.64. The van der Waals surface area contributed by atoms with Crippen LogP contribution in [0.5, 0.6) is 0 Å². The standard InChI is InChI=1S/C14H9FN4O2S/c1-21-13(20)11-6-19-10(5-16-14(19)22-11)12-17-8-3-2-7(15)4-9(8)18-12/h2-6H,1H3,(H,17,18). The number of imidazole rings is 2. The van der Waals surface area contributed by atoms with Gasteiger partial charge in [0.15, 0.2) is 10.8 Å². The van der Waals surface area contributed by atoms with Gasteiger partial charge in [-0.15, -0.1) is 0 Å². The van der Waals surface area contributed by atoms with Gasteiger partial charge in [0.1, 0.15) is 16.4 Å². The molecule has 0 spiro atoms. The number of aromatic nitrogens is 4. The maximum atomic E-state index is 13.3. The van der Waals surface area contributed by atoms with Crippen LogP contribution in [0.3, 0.4) is 0 Å². The quantitative estimate of drug-likeness (QED) is 0.577. The molecule has 0 aliphatic rings. The first-order valence-corrected chi connectivity index (χ1v) is 7.18. The van der Waals surface area contributed by atoms with Crippen LogP contribution in [0.25, 0.3) is 27.5 Å². The predicted molar refractivity (Wildman–Crippen MR) is 79.5 cm³/mol. The van der Waals surface area contributed by atoms with Crippen LogP contribution in [0.1, 0.15) is 9.67 Å². The number of aromatic amines is 1. The number of carbonyl (C=O) groups is 1. The van der Waals surface area contributed by atoms with Crippen molar-refractivity contribution in [1.29, 1.82) is 0 Å². The zero-order valence-electron chi connectivity index (χ0n) is 11.3. The Morgan fingerprint density at radius 3 is 3.14 bits per heavy atom. The molecular weight excluding hydrogens is 307 g/mol. The zero-order valence-corrected chi connectivity index (χ0v) is 12.1. The minimum atomic E-state index is -0.409. The van der Waals surface area contributed by atoms with Gasteiger partial charge in [0.25, 0.3) is 0 Å². The Morgan fingerprint density at radius 1 is 1.45 bits per heavy atom. The Kier molecular flexibility index (Phi) is 2.73. The number of rotatable bonds is 2. The number of methoxy groups -OCH3 is 1. The van der Waals surface area contributed by atoms with Gasteiger partial charge < -0.3 is 9.72 Å². The van der Waals surface area contributed by atoms with E-state index in [2.05, 4.69) is 15.0 Å². The molecule has 0 atom stereocenters. The van der Waals surface area contributed by atoms with Crippen molar-refractivity contribution in [1.82, 2.24) is 19.4 Å². The minimum absolute atomic E-state index is 0.329. The highest BCUT2D eigenvalue weighted by molar-refractivity contribution is 7.18. The van der Waals surface area contributed by atoms with Gasteiger partial charge >= 0.3 is 5.97 Å². The third kappa shape index (κ3) is 1.88. The molecule has 110 valence electrons. The van der Waals surface area contributed by atoms with Crippen molar-refractivity contribution in [2.24, 2.45) is 0 Å². The smallest absolute Gasteiger partial charge is 0.349 e. The van der Waals surface area contributed by atoms with E-state index in [1.54, 1.807) is 22.9 Å². The van der Waals surface area contributed by atoms with Crippen LogP contribution in [0.4, 0.5) is 4.39 Å². The van der Waals surface area contributed by atoms with E-state index in [9.17, 15) is 9.18 Å². The summed E-state index contributed by atoms with van der Waals surface area (Å²) < 4.78 is 19.7. The van der Waals surface area contributed by atoms with Gasteiger partial charge in [-0.25, -0.2) is 19.2 Å². The third-order valence-electron chi connectivity index (χ3n) is 3.28. The first kappa shape index (κ1) is 13.0. The van der Waals surface area contributed by atoms with E-state index >= 15 is 0 Å². The number of ether oxygens (including phenoxy) is 1. The van der Waals surface area contributed by atoms with Gasteiger partial charge in [-0.1, -0.05) is 11.3 Å². The van der Waals surface area contributed by atoms with Crippen molar-refractivity contribution in [3.05, 3.63) is 41.3 Å². The first-order valence-electron chi connectivity index (χ1n) is 6.36. The van der Waals surface area contributed by atoms with Crippen LogP contribution in [-0.4, -0.2) is 32.4 Å². The van der Waals surface area contributed by atoms with Gasteiger partial charge in [-0.05, 0) is 18.2 Å². The summed E-state index contributed by atoms with van der Waals surface area (Å²) in [6.07, 6.45) is 3.31. The fourth-order valence-corrected chi connectivity index (χ4v) is 3.14. The van der Waals surface area contributed by atoms with E-state index in [1.165, 1.54) is 30.6 Å². The molecule has 0 amide bonds.